The lowest BCUT2D eigenvalue weighted by Gasteiger charge is -2.17. The maximum Gasteiger partial charge on any atom is 0.346 e. The number of rotatable bonds is 6. The molecule has 6 nitrogen and oxygen atoms in total. The molecule has 1 aliphatic heterocycles. The highest BCUT2D eigenvalue weighted by atomic mass is 79.9. The van der Waals surface area contributed by atoms with Crippen LogP contribution in [0, 0.1) is 0 Å². The summed E-state index contributed by atoms with van der Waals surface area (Å²) < 4.78 is 16.9. The number of methoxy groups -OCH3 is 1. The van der Waals surface area contributed by atoms with E-state index in [9.17, 15) is 4.79 Å². The maximum absolute atomic E-state index is 11.5. The summed E-state index contributed by atoms with van der Waals surface area (Å²) >= 11 is 3.43. The number of oxime groups is 1. The second-order valence-electron chi connectivity index (χ2n) is 4.64. The van der Waals surface area contributed by atoms with Gasteiger partial charge in [-0.2, -0.15) is 0 Å². The SMILES string of the molecule is CCOC1CON=C1c1cc(Br)ccc1O[C@@H](C)C(=O)OC. The fourth-order valence-corrected chi connectivity index (χ4v) is 2.43. The number of carbonyl (C=O) groups is 1. The average Bonchev–Trinajstić information content (AvgIpc) is 2.96. The first-order chi connectivity index (χ1) is 10.6. The van der Waals surface area contributed by atoms with Gasteiger partial charge in [0.25, 0.3) is 0 Å². The van der Waals surface area contributed by atoms with Crippen molar-refractivity contribution in [1.82, 2.24) is 0 Å². The van der Waals surface area contributed by atoms with Crippen molar-refractivity contribution >= 4 is 27.6 Å². The highest BCUT2D eigenvalue weighted by Gasteiger charge is 2.29. The van der Waals surface area contributed by atoms with E-state index in [1.807, 2.05) is 19.1 Å². The quantitative estimate of drug-likeness (QED) is 0.718. The van der Waals surface area contributed by atoms with Gasteiger partial charge in [-0.25, -0.2) is 4.79 Å². The fourth-order valence-electron chi connectivity index (χ4n) is 2.07. The van der Waals surface area contributed by atoms with Crippen LogP contribution in [0.3, 0.4) is 0 Å². The lowest BCUT2D eigenvalue weighted by atomic mass is 10.0. The van der Waals surface area contributed by atoms with Gasteiger partial charge in [-0.05, 0) is 32.0 Å². The Morgan fingerprint density at radius 3 is 3.00 bits per heavy atom. The molecular formula is C15H18BrNO5. The van der Waals surface area contributed by atoms with Crippen molar-refractivity contribution < 1.29 is 23.8 Å². The summed E-state index contributed by atoms with van der Waals surface area (Å²) in [5, 5.41) is 4.05. The summed E-state index contributed by atoms with van der Waals surface area (Å²) in [6.45, 7) is 4.45. The van der Waals surface area contributed by atoms with Gasteiger partial charge in [-0.3, -0.25) is 0 Å². The molecule has 1 aromatic carbocycles. The van der Waals surface area contributed by atoms with Crippen molar-refractivity contribution in [3.8, 4) is 5.75 Å². The monoisotopic (exact) mass is 371 g/mol. The number of carbonyl (C=O) groups excluding carboxylic acids is 1. The third-order valence-corrected chi connectivity index (χ3v) is 3.61. The van der Waals surface area contributed by atoms with Crippen LogP contribution in [-0.2, 0) is 19.1 Å². The van der Waals surface area contributed by atoms with Crippen LogP contribution in [0.2, 0.25) is 0 Å². The van der Waals surface area contributed by atoms with Crippen LogP contribution < -0.4 is 4.74 Å². The molecule has 0 saturated carbocycles. The summed E-state index contributed by atoms with van der Waals surface area (Å²) in [4.78, 5) is 16.7. The molecular weight excluding hydrogens is 354 g/mol. The summed E-state index contributed by atoms with van der Waals surface area (Å²) in [6.07, 6.45) is -0.978. The predicted octanol–water partition coefficient (Wildman–Crippen LogP) is 2.53. The van der Waals surface area contributed by atoms with Crippen LogP contribution in [0.5, 0.6) is 5.75 Å². The highest BCUT2D eigenvalue weighted by molar-refractivity contribution is 9.10. The minimum absolute atomic E-state index is 0.255. The van der Waals surface area contributed by atoms with Crippen LogP contribution in [0.15, 0.2) is 27.8 Å². The fraction of sp³-hybridized carbons (Fsp3) is 0.467. The molecule has 1 unspecified atom stereocenters. The molecule has 0 fully saturated rings. The Hall–Kier alpha value is -1.60. The van der Waals surface area contributed by atoms with Crippen molar-refractivity contribution in [1.29, 1.82) is 0 Å². The first-order valence-corrected chi connectivity index (χ1v) is 7.72. The number of ether oxygens (including phenoxy) is 3. The Morgan fingerprint density at radius 2 is 2.32 bits per heavy atom. The number of nitrogens with zero attached hydrogens (tertiary/aromatic N) is 1. The second-order valence-corrected chi connectivity index (χ2v) is 5.56. The molecule has 0 spiro atoms. The van der Waals surface area contributed by atoms with E-state index in [1.54, 1.807) is 13.0 Å². The van der Waals surface area contributed by atoms with E-state index in [4.69, 9.17) is 14.3 Å². The van der Waals surface area contributed by atoms with Crippen LogP contribution in [0.1, 0.15) is 19.4 Å². The van der Waals surface area contributed by atoms with Gasteiger partial charge in [-0.15, -0.1) is 0 Å². The van der Waals surface area contributed by atoms with Gasteiger partial charge in [0.05, 0.1) is 7.11 Å². The molecule has 2 rings (SSSR count). The van der Waals surface area contributed by atoms with Crippen molar-refractivity contribution in [2.75, 3.05) is 20.3 Å². The highest BCUT2D eigenvalue weighted by Crippen LogP contribution is 2.28. The zero-order valence-corrected chi connectivity index (χ0v) is 14.3. The molecule has 0 saturated heterocycles. The van der Waals surface area contributed by atoms with E-state index in [0.29, 0.717) is 24.7 Å². The van der Waals surface area contributed by atoms with Gasteiger partial charge in [0.15, 0.2) is 6.10 Å². The van der Waals surface area contributed by atoms with Gasteiger partial charge in [0, 0.05) is 16.6 Å². The number of halogens is 1. The van der Waals surface area contributed by atoms with E-state index < -0.39 is 12.1 Å². The summed E-state index contributed by atoms with van der Waals surface area (Å²) in [5.74, 6) is 0.0786. The van der Waals surface area contributed by atoms with Gasteiger partial charge in [0.1, 0.15) is 24.2 Å². The van der Waals surface area contributed by atoms with Crippen LogP contribution in [0.25, 0.3) is 0 Å². The Labute approximate surface area is 137 Å². The van der Waals surface area contributed by atoms with E-state index in [-0.39, 0.29) is 6.10 Å². The average molecular weight is 372 g/mol. The standard InChI is InChI=1S/C15H18BrNO5/c1-4-20-13-8-21-17-14(13)11-7-10(16)5-6-12(11)22-9(2)15(18)19-3/h5-7,9,13H,4,8H2,1-3H3/t9-,13?/m0/s1. The second kappa shape index (κ2) is 7.60. The molecule has 22 heavy (non-hydrogen) atoms. The molecule has 1 aromatic rings. The zero-order valence-electron chi connectivity index (χ0n) is 12.7. The smallest absolute Gasteiger partial charge is 0.346 e. The molecule has 120 valence electrons. The molecule has 0 N–H and O–H groups in total. The molecule has 0 radical (unpaired) electrons. The van der Waals surface area contributed by atoms with Gasteiger partial charge < -0.3 is 19.0 Å². The first kappa shape index (κ1) is 16.8. The number of esters is 1. The Kier molecular flexibility index (Phi) is 5.79. The van der Waals surface area contributed by atoms with E-state index in [1.165, 1.54) is 7.11 Å². The first-order valence-electron chi connectivity index (χ1n) is 6.92. The van der Waals surface area contributed by atoms with Crippen molar-refractivity contribution in [3.05, 3.63) is 28.2 Å². The molecule has 0 amide bonds. The van der Waals surface area contributed by atoms with Gasteiger partial charge >= 0.3 is 5.97 Å². The Morgan fingerprint density at radius 1 is 1.55 bits per heavy atom. The van der Waals surface area contributed by atoms with Crippen molar-refractivity contribution in [2.45, 2.75) is 26.1 Å². The van der Waals surface area contributed by atoms with Gasteiger partial charge in [0.2, 0.25) is 0 Å². The third-order valence-electron chi connectivity index (χ3n) is 3.12. The number of hydrogen-bond acceptors (Lipinski definition) is 6. The summed E-state index contributed by atoms with van der Waals surface area (Å²) in [5.41, 5.74) is 1.37. The van der Waals surface area contributed by atoms with Crippen LogP contribution in [-0.4, -0.2) is 44.2 Å². The lowest BCUT2D eigenvalue weighted by Crippen LogP contribution is -2.28. The number of hydrogen-bond donors (Lipinski definition) is 0. The third kappa shape index (κ3) is 3.78. The Balaban J connectivity index is 2.30. The zero-order chi connectivity index (χ0) is 16.1. The largest absolute Gasteiger partial charge is 0.478 e. The predicted molar refractivity (Wildman–Crippen MR) is 84.2 cm³/mol. The Bertz CT molecular complexity index is 575. The summed E-state index contributed by atoms with van der Waals surface area (Å²) in [6, 6.07) is 5.45. The van der Waals surface area contributed by atoms with Crippen LogP contribution >= 0.6 is 15.9 Å². The normalized spacial score (nSPS) is 18.4. The van der Waals surface area contributed by atoms with Crippen LogP contribution in [0.4, 0.5) is 0 Å². The molecule has 1 heterocycles. The van der Waals surface area contributed by atoms with E-state index in [2.05, 4.69) is 25.8 Å². The maximum atomic E-state index is 11.5. The molecule has 7 heteroatoms. The number of benzene rings is 1. The molecule has 1 aliphatic rings. The molecule has 2 atom stereocenters. The summed E-state index contributed by atoms with van der Waals surface area (Å²) in [7, 11) is 1.32. The van der Waals surface area contributed by atoms with E-state index in [0.717, 1.165) is 10.0 Å². The minimum Gasteiger partial charge on any atom is -0.478 e. The topological polar surface area (TPSA) is 66.3 Å². The molecule has 0 bridgehead atoms. The minimum atomic E-state index is -0.724. The van der Waals surface area contributed by atoms with Gasteiger partial charge in [-0.1, -0.05) is 21.1 Å². The lowest BCUT2D eigenvalue weighted by molar-refractivity contribution is -0.147. The molecule has 0 aromatic heterocycles. The van der Waals surface area contributed by atoms with Crippen molar-refractivity contribution in [3.63, 3.8) is 0 Å². The van der Waals surface area contributed by atoms with Crippen molar-refractivity contribution in [2.24, 2.45) is 5.16 Å². The van der Waals surface area contributed by atoms with E-state index >= 15 is 0 Å². The molecule has 0 aliphatic carbocycles.